The molecule has 1 amide bonds. The van der Waals surface area contributed by atoms with Crippen molar-refractivity contribution in [3.8, 4) is 0 Å². The van der Waals surface area contributed by atoms with E-state index >= 15 is 0 Å². The highest BCUT2D eigenvalue weighted by atomic mass is 79.9. The first kappa shape index (κ1) is 15.4. The van der Waals surface area contributed by atoms with E-state index in [0.717, 1.165) is 23.5 Å². The van der Waals surface area contributed by atoms with Crippen LogP contribution in [0.15, 0.2) is 0 Å². The maximum absolute atomic E-state index is 11.3. The van der Waals surface area contributed by atoms with Crippen LogP contribution in [-0.2, 0) is 14.4 Å². The lowest BCUT2D eigenvalue weighted by Crippen LogP contribution is -2.41. The second kappa shape index (κ2) is 8.58. The maximum atomic E-state index is 11.3. The fraction of sp³-hybridized carbons (Fsp3) is 0.667. The number of carbonyl (C=O) groups is 3. The largest absolute Gasteiger partial charge is 0.480 e. The molecule has 1 atom stereocenters. The van der Waals surface area contributed by atoms with Gasteiger partial charge in [0, 0.05) is 24.4 Å². The normalized spacial score (nSPS) is 11.9. The van der Waals surface area contributed by atoms with Crippen molar-refractivity contribution < 1.29 is 19.5 Å². The molecular weight excluding hydrogens is 298 g/mol. The van der Waals surface area contributed by atoms with E-state index in [-0.39, 0.29) is 10.9 Å². The Labute approximate surface area is 106 Å². The van der Waals surface area contributed by atoms with Crippen molar-refractivity contribution in [2.75, 3.05) is 11.1 Å². The van der Waals surface area contributed by atoms with Crippen molar-refractivity contribution in [3.63, 3.8) is 0 Å². The molecule has 0 saturated heterocycles. The predicted molar refractivity (Wildman–Crippen MR) is 65.7 cm³/mol. The lowest BCUT2D eigenvalue weighted by molar-refractivity contribution is -0.140. The van der Waals surface area contributed by atoms with E-state index in [2.05, 4.69) is 21.2 Å². The molecule has 0 bridgehead atoms. The Balaban J connectivity index is 3.97. The molecule has 0 spiro atoms. The number of rotatable bonds is 7. The molecule has 0 fully saturated rings. The van der Waals surface area contributed by atoms with Crippen LogP contribution < -0.4 is 5.32 Å². The molecule has 7 heteroatoms. The molecule has 0 aromatic heterocycles. The zero-order valence-corrected chi connectivity index (χ0v) is 11.3. The molecular formula is C9H14BrNO4S. The van der Waals surface area contributed by atoms with Gasteiger partial charge in [-0.05, 0) is 6.42 Å². The molecule has 2 N–H and O–H groups in total. The van der Waals surface area contributed by atoms with Crippen LogP contribution in [0.5, 0.6) is 0 Å². The number of hydrogen-bond donors (Lipinski definition) is 2. The summed E-state index contributed by atoms with van der Waals surface area (Å²) in [4.78, 5) is 32.7. The molecule has 0 saturated carbocycles. The van der Waals surface area contributed by atoms with Gasteiger partial charge in [0.05, 0.1) is 0 Å². The summed E-state index contributed by atoms with van der Waals surface area (Å²) in [6.07, 6.45) is 1.13. The van der Waals surface area contributed by atoms with Gasteiger partial charge in [-0.3, -0.25) is 9.59 Å². The van der Waals surface area contributed by atoms with E-state index in [4.69, 9.17) is 5.11 Å². The Bertz CT molecular complexity index is 272. The highest BCUT2D eigenvalue weighted by Gasteiger charge is 2.19. The van der Waals surface area contributed by atoms with E-state index < -0.39 is 17.9 Å². The summed E-state index contributed by atoms with van der Waals surface area (Å²) in [5.41, 5.74) is 0. The summed E-state index contributed by atoms with van der Waals surface area (Å²) >= 11 is 4.14. The van der Waals surface area contributed by atoms with E-state index in [1.165, 1.54) is 6.92 Å². The number of amides is 1. The maximum Gasteiger partial charge on any atom is 0.327 e. The van der Waals surface area contributed by atoms with Gasteiger partial charge < -0.3 is 10.4 Å². The van der Waals surface area contributed by atoms with Gasteiger partial charge in [-0.2, -0.15) is 0 Å². The van der Waals surface area contributed by atoms with Crippen molar-refractivity contribution in [1.82, 2.24) is 5.32 Å². The summed E-state index contributed by atoms with van der Waals surface area (Å²) in [6.45, 7) is 1.24. The Morgan fingerprint density at radius 3 is 2.50 bits per heavy atom. The molecule has 0 rings (SSSR count). The van der Waals surface area contributed by atoms with Gasteiger partial charge in [0.2, 0.25) is 5.91 Å². The molecule has 5 nitrogen and oxygen atoms in total. The van der Waals surface area contributed by atoms with E-state index in [9.17, 15) is 14.4 Å². The SMILES string of the molecule is CC(=O)NC(CSC(=O)CCCBr)C(=O)O. The van der Waals surface area contributed by atoms with Crippen molar-refractivity contribution in [2.45, 2.75) is 25.8 Å². The van der Waals surface area contributed by atoms with Crippen LogP contribution in [0.1, 0.15) is 19.8 Å². The topological polar surface area (TPSA) is 83.5 Å². The lowest BCUT2D eigenvalue weighted by atomic mass is 10.3. The van der Waals surface area contributed by atoms with Crippen LogP contribution in [0.2, 0.25) is 0 Å². The number of alkyl halides is 1. The highest BCUT2D eigenvalue weighted by Crippen LogP contribution is 2.10. The van der Waals surface area contributed by atoms with E-state index in [1.807, 2.05) is 0 Å². The fourth-order valence-corrected chi connectivity index (χ4v) is 2.03. The first-order valence-corrected chi connectivity index (χ1v) is 6.79. The standard InChI is InChI=1S/C9H14BrNO4S/c1-6(12)11-7(9(14)15)5-16-8(13)3-2-4-10/h7H,2-5H2,1H3,(H,11,12)(H,14,15). The quantitative estimate of drug-likeness (QED) is 0.686. The Morgan fingerprint density at radius 2 is 2.06 bits per heavy atom. The van der Waals surface area contributed by atoms with Crippen molar-refractivity contribution in [3.05, 3.63) is 0 Å². The summed E-state index contributed by atoms with van der Waals surface area (Å²) < 4.78 is 0. The van der Waals surface area contributed by atoms with Gasteiger partial charge in [-0.15, -0.1) is 0 Å². The average Bonchev–Trinajstić information content (AvgIpc) is 2.20. The third-order valence-corrected chi connectivity index (χ3v) is 3.19. The third-order valence-electron chi connectivity index (χ3n) is 1.60. The number of aliphatic carboxylic acids is 1. The summed E-state index contributed by atoms with van der Waals surface area (Å²) in [6, 6.07) is -1.00. The molecule has 1 unspecified atom stereocenters. The molecule has 16 heavy (non-hydrogen) atoms. The summed E-state index contributed by atoms with van der Waals surface area (Å²) in [5, 5.41) is 11.7. The molecule has 0 aromatic carbocycles. The van der Waals surface area contributed by atoms with Crippen LogP contribution in [-0.4, -0.2) is 39.2 Å². The minimum Gasteiger partial charge on any atom is -0.480 e. The van der Waals surface area contributed by atoms with Crippen LogP contribution in [0, 0.1) is 0 Å². The second-order valence-electron chi connectivity index (χ2n) is 3.07. The summed E-state index contributed by atoms with van der Waals surface area (Å²) in [7, 11) is 0. The Kier molecular flexibility index (Phi) is 8.28. The van der Waals surface area contributed by atoms with Gasteiger partial charge in [-0.1, -0.05) is 27.7 Å². The molecule has 0 aliphatic rings. The fourth-order valence-electron chi connectivity index (χ4n) is 0.880. The van der Waals surface area contributed by atoms with Crippen molar-refractivity contribution in [2.24, 2.45) is 0 Å². The number of thioether (sulfide) groups is 1. The molecule has 0 radical (unpaired) electrons. The Hall–Kier alpha value is -0.560. The smallest absolute Gasteiger partial charge is 0.327 e. The summed E-state index contributed by atoms with van der Waals surface area (Å²) in [5.74, 6) is -1.48. The first-order chi connectivity index (χ1) is 7.47. The molecule has 0 aliphatic heterocycles. The number of carboxylic acids is 1. The van der Waals surface area contributed by atoms with Crippen molar-refractivity contribution in [1.29, 1.82) is 0 Å². The van der Waals surface area contributed by atoms with Crippen LogP contribution in [0.3, 0.4) is 0 Å². The average molecular weight is 312 g/mol. The first-order valence-electron chi connectivity index (χ1n) is 4.69. The Morgan fingerprint density at radius 1 is 1.44 bits per heavy atom. The number of carboxylic acid groups (broad SMARTS) is 1. The molecule has 92 valence electrons. The molecule has 0 aromatic rings. The number of halogens is 1. The number of hydrogen-bond acceptors (Lipinski definition) is 4. The zero-order valence-electron chi connectivity index (χ0n) is 8.86. The zero-order chi connectivity index (χ0) is 12.6. The van der Waals surface area contributed by atoms with Crippen molar-refractivity contribution >= 4 is 44.7 Å². The predicted octanol–water partition coefficient (Wildman–Crippen LogP) is 1.01. The lowest BCUT2D eigenvalue weighted by Gasteiger charge is -2.11. The highest BCUT2D eigenvalue weighted by molar-refractivity contribution is 9.09. The van der Waals surface area contributed by atoms with Gasteiger partial charge >= 0.3 is 5.97 Å². The molecule has 0 heterocycles. The monoisotopic (exact) mass is 311 g/mol. The number of nitrogens with one attached hydrogen (secondary N) is 1. The van der Waals surface area contributed by atoms with Crippen LogP contribution in [0.4, 0.5) is 0 Å². The van der Waals surface area contributed by atoms with E-state index in [1.54, 1.807) is 0 Å². The van der Waals surface area contributed by atoms with Gasteiger partial charge in [-0.25, -0.2) is 4.79 Å². The van der Waals surface area contributed by atoms with Gasteiger partial charge in [0.1, 0.15) is 6.04 Å². The van der Waals surface area contributed by atoms with Gasteiger partial charge in [0.25, 0.3) is 0 Å². The third kappa shape index (κ3) is 7.70. The minimum absolute atomic E-state index is 0.0592. The number of carbonyl (C=O) groups excluding carboxylic acids is 2. The molecule has 0 aliphatic carbocycles. The van der Waals surface area contributed by atoms with E-state index in [0.29, 0.717) is 6.42 Å². The van der Waals surface area contributed by atoms with Gasteiger partial charge in [0.15, 0.2) is 5.12 Å². The second-order valence-corrected chi connectivity index (χ2v) is 4.94. The minimum atomic E-state index is -1.13. The van der Waals surface area contributed by atoms with Crippen LogP contribution >= 0.6 is 27.7 Å². The van der Waals surface area contributed by atoms with Crippen LogP contribution in [0.25, 0.3) is 0 Å².